The zero-order valence-corrected chi connectivity index (χ0v) is 17.8. The topological polar surface area (TPSA) is 111 Å². The van der Waals surface area contributed by atoms with Crippen LogP contribution in [0, 0.1) is 5.92 Å². The van der Waals surface area contributed by atoms with E-state index in [1.165, 1.54) is 0 Å². The van der Waals surface area contributed by atoms with Crippen LogP contribution in [0.15, 0.2) is 42.0 Å². The van der Waals surface area contributed by atoms with Gasteiger partial charge in [-0.2, -0.15) is 4.98 Å². The van der Waals surface area contributed by atoms with E-state index in [0.29, 0.717) is 30.4 Å². The van der Waals surface area contributed by atoms with E-state index in [1.807, 2.05) is 29.1 Å². The van der Waals surface area contributed by atoms with Crippen molar-refractivity contribution in [2.45, 2.75) is 38.1 Å². The maximum absolute atomic E-state index is 12.1. The molecule has 2 aliphatic carbocycles. The van der Waals surface area contributed by atoms with Crippen LogP contribution in [0.4, 0.5) is 5.95 Å². The second-order valence-corrected chi connectivity index (χ2v) is 8.78. The largest absolute Gasteiger partial charge is 0.479 e. The molecule has 0 saturated heterocycles. The van der Waals surface area contributed by atoms with E-state index in [0.717, 1.165) is 35.2 Å². The molecule has 2 saturated carbocycles. The maximum atomic E-state index is 12.1. The van der Waals surface area contributed by atoms with Crippen molar-refractivity contribution in [2.75, 3.05) is 7.11 Å². The highest BCUT2D eigenvalue weighted by Crippen LogP contribution is 2.35. The lowest BCUT2D eigenvalue weighted by Crippen LogP contribution is -2.56. The van der Waals surface area contributed by atoms with Gasteiger partial charge in [0.2, 0.25) is 17.6 Å². The highest BCUT2D eigenvalue weighted by molar-refractivity contribution is 5.96. The number of ether oxygens (including phenoxy) is 1. The average Bonchev–Trinajstić information content (AvgIpc) is 3.36. The lowest BCUT2D eigenvalue weighted by molar-refractivity contribution is -0.124. The van der Waals surface area contributed by atoms with Crippen molar-refractivity contribution >= 4 is 28.9 Å². The first-order chi connectivity index (χ1) is 15.5. The van der Waals surface area contributed by atoms with Gasteiger partial charge in [-0.15, -0.1) is 5.10 Å². The second-order valence-electron chi connectivity index (χ2n) is 8.78. The summed E-state index contributed by atoms with van der Waals surface area (Å²) in [6, 6.07) is 1.96. The van der Waals surface area contributed by atoms with Gasteiger partial charge in [0.25, 0.3) is 5.95 Å². The van der Waals surface area contributed by atoms with Crippen molar-refractivity contribution in [1.29, 1.82) is 0 Å². The number of hydrogen-bond acceptors (Lipinski definition) is 7. The van der Waals surface area contributed by atoms with Crippen molar-refractivity contribution in [3.63, 3.8) is 0 Å². The molecule has 162 valence electrons. The van der Waals surface area contributed by atoms with Crippen LogP contribution in [0.25, 0.3) is 22.4 Å². The third kappa shape index (κ3) is 3.19. The number of methoxy groups -OCH3 is 1. The van der Waals surface area contributed by atoms with Gasteiger partial charge in [-0.25, -0.2) is 19.5 Å². The highest BCUT2D eigenvalue weighted by Gasteiger charge is 2.42. The minimum Gasteiger partial charge on any atom is -0.479 e. The Bertz CT molecular complexity index is 1390. The number of aromatic nitrogens is 6. The monoisotopic (exact) mass is 430 g/mol. The van der Waals surface area contributed by atoms with Gasteiger partial charge in [0, 0.05) is 72.1 Å². The van der Waals surface area contributed by atoms with Crippen molar-refractivity contribution in [2.24, 2.45) is 10.9 Å². The number of hydrogen-bond donors (Lipinski definition) is 1. The van der Waals surface area contributed by atoms with Crippen molar-refractivity contribution in [3.05, 3.63) is 37.1 Å². The summed E-state index contributed by atoms with van der Waals surface area (Å²) in [6.07, 6.45) is 12.6. The third-order valence-corrected chi connectivity index (χ3v) is 6.04. The smallest absolute Gasteiger partial charge is 0.270 e. The summed E-state index contributed by atoms with van der Waals surface area (Å²) in [5.41, 5.74) is 3.29. The molecule has 1 amide bonds. The minimum atomic E-state index is -0.230. The van der Waals surface area contributed by atoms with E-state index < -0.39 is 0 Å². The Morgan fingerprint density at radius 1 is 1.28 bits per heavy atom. The Morgan fingerprint density at radius 3 is 2.91 bits per heavy atom. The number of carbonyl (C=O) groups is 1. The van der Waals surface area contributed by atoms with Gasteiger partial charge in [0.1, 0.15) is 5.52 Å². The summed E-state index contributed by atoms with van der Waals surface area (Å²) < 4.78 is 9.17. The molecule has 4 aromatic rings. The van der Waals surface area contributed by atoms with Gasteiger partial charge >= 0.3 is 0 Å². The van der Waals surface area contributed by atoms with E-state index in [-0.39, 0.29) is 17.4 Å². The maximum Gasteiger partial charge on any atom is 0.270 e. The van der Waals surface area contributed by atoms with Crippen LogP contribution in [-0.4, -0.2) is 53.2 Å². The zero-order valence-electron chi connectivity index (χ0n) is 17.8. The van der Waals surface area contributed by atoms with Gasteiger partial charge in [0.05, 0.1) is 7.11 Å². The number of fused-ring (bicyclic) bond motifs is 2. The van der Waals surface area contributed by atoms with E-state index in [4.69, 9.17) is 4.74 Å². The molecule has 10 nitrogen and oxygen atoms in total. The number of amides is 1. The fourth-order valence-corrected chi connectivity index (χ4v) is 4.26. The molecule has 4 aromatic heterocycles. The molecule has 0 aliphatic heterocycles. The number of aliphatic imine (C=N–C) groups is 1. The molecule has 0 atom stereocenters. The summed E-state index contributed by atoms with van der Waals surface area (Å²) in [5.74, 6) is 1.78. The van der Waals surface area contributed by atoms with Gasteiger partial charge in [0.15, 0.2) is 0 Å². The summed E-state index contributed by atoms with van der Waals surface area (Å²) in [4.78, 5) is 29.8. The summed E-state index contributed by atoms with van der Waals surface area (Å²) in [7, 11) is 1.58. The molecule has 10 heteroatoms. The van der Waals surface area contributed by atoms with Crippen LogP contribution in [0.2, 0.25) is 0 Å². The first-order valence-electron chi connectivity index (χ1n) is 10.6. The molecule has 32 heavy (non-hydrogen) atoms. The quantitative estimate of drug-likeness (QED) is 0.521. The molecule has 0 radical (unpaired) electrons. The Hall–Kier alpha value is -3.82. The van der Waals surface area contributed by atoms with Crippen LogP contribution < -0.4 is 10.1 Å². The van der Waals surface area contributed by atoms with Gasteiger partial charge < -0.3 is 10.1 Å². The predicted molar refractivity (Wildman–Crippen MR) is 117 cm³/mol. The summed E-state index contributed by atoms with van der Waals surface area (Å²) >= 11 is 0. The molecule has 0 spiro atoms. The van der Waals surface area contributed by atoms with Gasteiger partial charge in [-0.05, 0) is 25.8 Å². The minimum absolute atomic E-state index is 0.161. The molecular weight excluding hydrogens is 408 g/mol. The van der Waals surface area contributed by atoms with Crippen LogP contribution in [0.1, 0.15) is 32.6 Å². The number of nitrogens with one attached hydrogen (secondary N) is 1. The standard InChI is InChI=1S/C22H22N8O2/c1-22(27-18(31)13-3-4-13)9-15(10-22)25-20-26-19(32-2)17-16(5-7-30(17)28-20)14-11-24-21-23-6-8-29(21)12-14/h5-8,11-13H,3-4,9-10H2,1-2H3,(H,27,31). The molecule has 4 heterocycles. The Morgan fingerprint density at radius 2 is 2.12 bits per heavy atom. The average molecular weight is 430 g/mol. The van der Waals surface area contributed by atoms with E-state index in [9.17, 15) is 4.79 Å². The van der Waals surface area contributed by atoms with Crippen LogP contribution in [0.5, 0.6) is 5.88 Å². The predicted octanol–water partition coefficient (Wildman–Crippen LogP) is 2.60. The molecule has 2 fully saturated rings. The lowest BCUT2D eigenvalue weighted by Gasteiger charge is -2.40. The Labute approximate surface area is 183 Å². The van der Waals surface area contributed by atoms with Gasteiger partial charge in [-0.1, -0.05) is 0 Å². The molecular formula is C22H22N8O2. The third-order valence-electron chi connectivity index (χ3n) is 6.04. The van der Waals surface area contributed by atoms with E-state index in [1.54, 1.807) is 24.0 Å². The first kappa shape index (κ1) is 18.9. The van der Waals surface area contributed by atoms with E-state index in [2.05, 4.69) is 37.3 Å². The van der Waals surface area contributed by atoms with E-state index >= 15 is 0 Å². The number of imidazole rings is 1. The van der Waals surface area contributed by atoms with Crippen LogP contribution >= 0.6 is 0 Å². The Kier molecular flexibility index (Phi) is 4.04. The Balaban J connectivity index is 1.29. The SMILES string of the molecule is COc1nc(N=C2CC(C)(NC(=O)C3CC3)C2)nn2ccc(-c3cnc4nccn4c3)c12. The zero-order chi connectivity index (χ0) is 21.9. The van der Waals surface area contributed by atoms with Crippen molar-refractivity contribution in [1.82, 2.24) is 34.3 Å². The molecule has 1 N–H and O–H groups in total. The van der Waals surface area contributed by atoms with Crippen LogP contribution in [-0.2, 0) is 4.79 Å². The highest BCUT2D eigenvalue weighted by atomic mass is 16.5. The number of carbonyl (C=O) groups excluding carboxylic acids is 1. The molecule has 6 rings (SSSR count). The number of rotatable bonds is 5. The summed E-state index contributed by atoms with van der Waals surface area (Å²) in [6.45, 7) is 2.06. The van der Waals surface area contributed by atoms with Crippen molar-refractivity contribution in [3.8, 4) is 17.0 Å². The molecule has 0 aromatic carbocycles. The number of nitrogens with zero attached hydrogens (tertiary/aromatic N) is 7. The van der Waals surface area contributed by atoms with Crippen LogP contribution in [0.3, 0.4) is 0 Å². The van der Waals surface area contributed by atoms with Gasteiger partial charge in [-0.3, -0.25) is 9.20 Å². The second kappa shape index (κ2) is 6.84. The fourth-order valence-electron chi connectivity index (χ4n) is 4.26. The molecule has 0 unspecified atom stereocenters. The fraction of sp³-hybridized carbons (Fsp3) is 0.364. The molecule has 2 aliphatic rings. The first-order valence-corrected chi connectivity index (χ1v) is 10.6. The normalized spacial score (nSPS) is 20.4. The van der Waals surface area contributed by atoms with Crippen molar-refractivity contribution < 1.29 is 9.53 Å². The summed E-state index contributed by atoms with van der Waals surface area (Å²) in [5, 5.41) is 7.71. The lowest BCUT2D eigenvalue weighted by atomic mass is 9.76. The molecule has 0 bridgehead atoms.